The summed E-state index contributed by atoms with van der Waals surface area (Å²) < 4.78 is 2.27. The third-order valence-electron chi connectivity index (χ3n) is 5.83. The van der Waals surface area contributed by atoms with Crippen molar-refractivity contribution in [3.63, 3.8) is 0 Å². The SMILES string of the molecule is c1ccc(-c2nc(CN3CCN(CCn4ccnc4-c4ccccc4)CC3)cs2)cc1. The van der Waals surface area contributed by atoms with Gasteiger partial charge < -0.3 is 4.57 Å². The van der Waals surface area contributed by atoms with Crippen molar-refractivity contribution in [2.45, 2.75) is 13.1 Å². The fraction of sp³-hybridized carbons (Fsp3) is 0.280. The molecule has 1 saturated heterocycles. The van der Waals surface area contributed by atoms with E-state index in [-0.39, 0.29) is 0 Å². The van der Waals surface area contributed by atoms with Crippen molar-refractivity contribution in [1.29, 1.82) is 0 Å². The summed E-state index contributed by atoms with van der Waals surface area (Å²) in [5.41, 5.74) is 3.57. The zero-order valence-electron chi connectivity index (χ0n) is 17.6. The van der Waals surface area contributed by atoms with Crippen molar-refractivity contribution in [1.82, 2.24) is 24.3 Å². The molecule has 0 atom stereocenters. The molecule has 0 aliphatic carbocycles. The van der Waals surface area contributed by atoms with Crippen molar-refractivity contribution < 1.29 is 0 Å². The maximum absolute atomic E-state index is 4.86. The van der Waals surface area contributed by atoms with E-state index in [4.69, 9.17) is 4.98 Å². The van der Waals surface area contributed by atoms with Crippen LogP contribution in [-0.2, 0) is 13.1 Å². The maximum Gasteiger partial charge on any atom is 0.139 e. The van der Waals surface area contributed by atoms with Crippen LogP contribution in [0.4, 0.5) is 0 Å². The van der Waals surface area contributed by atoms with Gasteiger partial charge in [0.25, 0.3) is 0 Å². The lowest BCUT2D eigenvalue weighted by atomic mass is 10.2. The molecule has 0 radical (unpaired) electrons. The first-order chi connectivity index (χ1) is 15.3. The predicted molar refractivity (Wildman–Crippen MR) is 127 cm³/mol. The topological polar surface area (TPSA) is 37.2 Å². The number of hydrogen-bond acceptors (Lipinski definition) is 5. The molecule has 0 amide bonds. The standard InChI is InChI=1S/C25H27N5S/c1-3-7-21(8-4-1)24-26-11-12-30(24)18-17-28-13-15-29(16-14-28)19-23-20-31-25(27-23)22-9-5-2-6-10-22/h1-12,20H,13-19H2. The van der Waals surface area contributed by atoms with Gasteiger partial charge in [0, 0.05) is 74.7 Å². The Kier molecular flexibility index (Phi) is 6.20. The third-order valence-corrected chi connectivity index (χ3v) is 6.77. The zero-order valence-corrected chi connectivity index (χ0v) is 18.4. The van der Waals surface area contributed by atoms with E-state index in [0.29, 0.717) is 0 Å². The highest BCUT2D eigenvalue weighted by Gasteiger charge is 2.18. The number of imidazole rings is 1. The second kappa shape index (κ2) is 9.56. The summed E-state index contributed by atoms with van der Waals surface area (Å²) in [6, 6.07) is 20.9. The maximum atomic E-state index is 4.86. The molecule has 1 aliphatic heterocycles. The Balaban J connectivity index is 1.11. The largest absolute Gasteiger partial charge is 0.330 e. The first-order valence-electron chi connectivity index (χ1n) is 10.9. The highest BCUT2D eigenvalue weighted by atomic mass is 32.1. The summed E-state index contributed by atoms with van der Waals surface area (Å²) >= 11 is 1.74. The molecule has 0 N–H and O–H groups in total. The van der Waals surface area contributed by atoms with Gasteiger partial charge in [-0.15, -0.1) is 11.3 Å². The van der Waals surface area contributed by atoms with Crippen molar-refractivity contribution in [2.75, 3.05) is 32.7 Å². The molecule has 0 unspecified atom stereocenters. The van der Waals surface area contributed by atoms with Crippen LogP contribution in [0.1, 0.15) is 5.69 Å². The Labute approximate surface area is 187 Å². The van der Waals surface area contributed by atoms with Gasteiger partial charge in [-0.05, 0) is 0 Å². The summed E-state index contributed by atoms with van der Waals surface area (Å²) in [4.78, 5) is 14.5. The number of nitrogens with zero attached hydrogens (tertiary/aromatic N) is 5. The number of benzene rings is 2. The molecule has 3 heterocycles. The van der Waals surface area contributed by atoms with Crippen LogP contribution in [0.2, 0.25) is 0 Å². The quantitative estimate of drug-likeness (QED) is 0.434. The number of piperazine rings is 1. The Morgan fingerprint density at radius 1 is 0.774 bits per heavy atom. The average Bonchev–Trinajstić information content (AvgIpc) is 3.50. The van der Waals surface area contributed by atoms with E-state index in [2.05, 4.69) is 79.5 Å². The fourth-order valence-corrected chi connectivity index (χ4v) is 4.90. The molecule has 2 aromatic carbocycles. The van der Waals surface area contributed by atoms with Crippen molar-refractivity contribution in [3.8, 4) is 22.0 Å². The second-order valence-electron chi connectivity index (χ2n) is 7.94. The van der Waals surface area contributed by atoms with Gasteiger partial charge in [-0.1, -0.05) is 60.7 Å². The van der Waals surface area contributed by atoms with Crippen molar-refractivity contribution in [3.05, 3.63) is 84.1 Å². The van der Waals surface area contributed by atoms with E-state index in [1.54, 1.807) is 11.3 Å². The van der Waals surface area contributed by atoms with Crippen LogP contribution >= 0.6 is 11.3 Å². The lowest BCUT2D eigenvalue weighted by Gasteiger charge is -2.34. The molecule has 1 aliphatic rings. The molecule has 5 nitrogen and oxygen atoms in total. The summed E-state index contributed by atoms with van der Waals surface area (Å²) in [6.07, 6.45) is 3.99. The van der Waals surface area contributed by atoms with Gasteiger partial charge in [0.05, 0.1) is 5.69 Å². The molecule has 1 fully saturated rings. The highest BCUT2D eigenvalue weighted by molar-refractivity contribution is 7.13. The molecular weight excluding hydrogens is 402 g/mol. The molecule has 6 heteroatoms. The minimum atomic E-state index is 0.941. The number of thiazole rings is 1. The molecule has 0 bridgehead atoms. The Morgan fingerprint density at radius 2 is 1.45 bits per heavy atom. The second-order valence-corrected chi connectivity index (χ2v) is 8.80. The van der Waals surface area contributed by atoms with Crippen molar-refractivity contribution in [2.24, 2.45) is 0 Å². The molecule has 31 heavy (non-hydrogen) atoms. The molecular formula is C25H27N5S. The smallest absolute Gasteiger partial charge is 0.139 e. The molecule has 4 aromatic rings. The fourth-order valence-electron chi connectivity index (χ4n) is 4.08. The first-order valence-corrected chi connectivity index (χ1v) is 11.7. The minimum Gasteiger partial charge on any atom is -0.330 e. The van der Waals surface area contributed by atoms with E-state index in [1.165, 1.54) is 16.8 Å². The normalized spacial score (nSPS) is 15.4. The van der Waals surface area contributed by atoms with E-state index < -0.39 is 0 Å². The monoisotopic (exact) mass is 429 g/mol. The lowest BCUT2D eigenvalue weighted by Crippen LogP contribution is -2.46. The highest BCUT2D eigenvalue weighted by Crippen LogP contribution is 2.24. The van der Waals surface area contributed by atoms with Crippen LogP contribution in [0.25, 0.3) is 22.0 Å². The lowest BCUT2D eigenvalue weighted by molar-refractivity contribution is 0.123. The number of aromatic nitrogens is 3. The van der Waals surface area contributed by atoms with Gasteiger partial charge in [-0.2, -0.15) is 0 Å². The summed E-state index contributed by atoms with van der Waals surface area (Å²) in [6.45, 7) is 7.35. The van der Waals surface area contributed by atoms with Gasteiger partial charge in [-0.25, -0.2) is 9.97 Å². The van der Waals surface area contributed by atoms with Crippen LogP contribution in [0.3, 0.4) is 0 Å². The Morgan fingerprint density at radius 3 is 2.19 bits per heavy atom. The van der Waals surface area contributed by atoms with Gasteiger partial charge >= 0.3 is 0 Å². The van der Waals surface area contributed by atoms with Crippen molar-refractivity contribution >= 4 is 11.3 Å². The van der Waals surface area contributed by atoms with Gasteiger partial charge in [-0.3, -0.25) is 9.80 Å². The zero-order chi connectivity index (χ0) is 20.9. The summed E-state index contributed by atoms with van der Waals surface area (Å²) in [5, 5.41) is 3.32. The Bertz CT molecular complexity index is 1080. The average molecular weight is 430 g/mol. The van der Waals surface area contributed by atoms with Gasteiger partial charge in [0.2, 0.25) is 0 Å². The summed E-state index contributed by atoms with van der Waals surface area (Å²) in [7, 11) is 0. The number of hydrogen-bond donors (Lipinski definition) is 0. The first kappa shape index (κ1) is 20.1. The third kappa shape index (κ3) is 4.93. The van der Waals surface area contributed by atoms with Crippen LogP contribution in [-0.4, -0.2) is 57.1 Å². The predicted octanol–water partition coefficient (Wildman–Crippen LogP) is 4.49. The van der Waals surface area contributed by atoms with Crippen LogP contribution in [0, 0.1) is 0 Å². The molecule has 0 saturated carbocycles. The van der Waals surface area contributed by atoms with Crippen LogP contribution in [0.5, 0.6) is 0 Å². The molecule has 158 valence electrons. The number of rotatable bonds is 7. The van der Waals surface area contributed by atoms with E-state index in [1.807, 2.05) is 18.3 Å². The van der Waals surface area contributed by atoms with Crippen LogP contribution < -0.4 is 0 Å². The van der Waals surface area contributed by atoms with Crippen LogP contribution in [0.15, 0.2) is 78.4 Å². The minimum absolute atomic E-state index is 0.941. The van der Waals surface area contributed by atoms with E-state index >= 15 is 0 Å². The Hall–Kier alpha value is -2.80. The van der Waals surface area contributed by atoms with Gasteiger partial charge in [0.1, 0.15) is 10.8 Å². The molecule has 0 spiro atoms. The van der Waals surface area contributed by atoms with E-state index in [9.17, 15) is 0 Å². The molecule has 2 aromatic heterocycles. The summed E-state index contributed by atoms with van der Waals surface area (Å²) in [5.74, 6) is 1.05. The van der Waals surface area contributed by atoms with E-state index in [0.717, 1.165) is 56.6 Å². The van der Waals surface area contributed by atoms with Gasteiger partial charge in [0.15, 0.2) is 0 Å². The molecule has 5 rings (SSSR count).